The maximum absolute atomic E-state index is 5.87. The topological polar surface area (TPSA) is 30.5 Å². The molecule has 0 aliphatic rings. The van der Waals surface area contributed by atoms with E-state index in [2.05, 4.69) is 48.6 Å². The van der Waals surface area contributed by atoms with Crippen LogP contribution in [0, 0.1) is 6.92 Å². The number of rotatable bonds is 9. The van der Waals surface area contributed by atoms with E-state index < -0.39 is 0 Å². The van der Waals surface area contributed by atoms with Crippen LogP contribution in [0.25, 0.3) is 0 Å². The lowest BCUT2D eigenvalue weighted by Crippen LogP contribution is -2.16. The second-order valence-electron chi connectivity index (χ2n) is 5.44. The third kappa shape index (κ3) is 5.88. The van der Waals surface area contributed by atoms with E-state index in [1.54, 1.807) is 7.11 Å². The van der Waals surface area contributed by atoms with Crippen molar-refractivity contribution < 1.29 is 9.47 Å². The molecule has 0 aliphatic heterocycles. The lowest BCUT2D eigenvalue weighted by atomic mass is 10.2. The molecule has 0 atom stereocenters. The Balaban J connectivity index is 1.79. The maximum atomic E-state index is 5.87. The molecule has 2 aromatic rings. The predicted octanol–water partition coefficient (Wildman–Crippen LogP) is 3.70. The zero-order valence-corrected chi connectivity index (χ0v) is 13.5. The highest BCUT2D eigenvalue weighted by Crippen LogP contribution is 2.15. The molecule has 22 heavy (non-hydrogen) atoms. The van der Waals surface area contributed by atoms with Gasteiger partial charge in [-0.1, -0.05) is 42.0 Å². The van der Waals surface area contributed by atoms with Gasteiger partial charge in [-0.25, -0.2) is 0 Å². The number of aryl methyl sites for hydroxylation is 1. The molecule has 2 aromatic carbocycles. The fraction of sp³-hybridized carbons (Fsp3) is 0.368. The van der Waals surface area contributed by atoms with Gasteiger partial charge in [0.05, 0.1) is 0 Å². The summed E-state index contributed by atoms with van der Waals surface area (Å²) in [6.07, 6.45) is 1.03. The molecule has 0 bridgehead atoms. The van der Waals surface area contributed by atoms with E-state index in [4.69, 9.17) is 9.47 Å². The molecule has 1 N–H and O–H groups in total. The SMILES string of the molecule is COCCCNCc1cccc(OCc2ccc(C)cc2)c1. The monoisotopic (exact) mass is 299 g/mol. The van der Waals surface area contributed by atoms with Crippen molar-refractivity contribution in [3.63, 3.8) is 0 Å². The Kier molecular flexibility index (Phi) is 6.94. The molecule has 0 spiro atoms. The fourth-order valence-electron chi connectivity index (χ4n) is 2.17. The minimum absolute atomic E-state index is 0.602. The van der Waals surface area contributed by atoms with Gasteiger partial charge in [0, 0.05) is 20.3 Å². The van der Waals surface area contributed by atoms with Crippen LogP contribution in [0.3, 0.4) is 0 Å². The van der Waals surface area contributed by atoms with Crippen molar-refractivity contribution in [3.8, 4) is 5.75 Å². The lowest BCUT2D eigenvalue weighted by Gasteiger charge is -2.09. The van der Waals surface area contributed by atoms with Crippen molar-refractivity contribution >= 4 is 0 Å². The fourth-order valence-corrected chi connectivity index (χ4v) is 2.17. The van der Waals surface area contributed by atoms with Crippen molar-refractivity contribution in [1.82, 2.24) is 5.32 Å². The molecule has 3 heteroatoms. The average molecular weight is 299 g/mol. The molecule has 0 unspecified atom stereocenters. The summed E-state index contributed by atoms with van der Waals surface area (Å²) in [6.45, 7) is 5.30. The standard InChI is InChI=1S/C19H25NO2/c1-16-7-9-17(10-8-16)15-22-19-6-3-5-18(13-19)14-20-11-4-12-21-2/h3,5-10,13,20H,4,11-12,14-15H2,1-2H3. The number of nitrogens with one attached hydrogen (secondary N) is 1. The van der Waals surface area contributed by atoms with E-state index in [0.29, 0.717) is 6.61 Å². The number of hydrogen-bond donors (Lipinski definition) is 1. The second-order valence-corrected chi connectivity index (χ2v) is 5.44. The molecule has 0 heterocycles. The van der Waals surface area contributed by atoms with Gasteiger partial charge in [0.2, 0.25) is 0 Å². The maximum Gasteiger partial charge on any atom is 0.120 e. The van der Waals surface area contributed by atoms with Gasteiger partial charge in [0.25, 0.3) is 0 Å². The van der Waals surface area contributed by atoms with Crippen LogP contribution in [0.2, 0.25) is 0 Å². The summed E-state index contributed by atoms with van der Waals surface area (Å²) in [7, 11) is 1.73. The molecular formula is C19H25NO2. The van der Waals surface area contributed by atoms with Gasteiger partial charge >= 0.3 is 0 Å². The van der Waals surface area contributed by atoms with Gasteiger partial charge in [0.1, 0.15) is 12.4 Å². The van der Waals surface area contributed by atoms with E-state index >= 15 is 0 Å². The van der Waals surface area contributed by atoms with Crippen LogP contribution in [-0.2, 0) is 17.9 Å². The van der Waals surface area contributed by atoms with Crippen molar-refractivity contribution in [3.05, 3.63) is 65.2 Å². The second kappa shape index (κ2) is 9.23. The largest absolute Gasteiger partial charge is 0.489 e. The van der Waals surface area contributed by atoms with E-state index in [0.717, 1.165) is 31.9 Å². The van der Waals surface area contributed by atoms with Gasteiger partial charge in [-0.2, -0.15) is 0 Å². The summed E-state index contributed by atoms with van der Waals surface area (Å²) in [6, 6.07) is 16.7. The molecule has 0 aliphatic carbocycles. The number of benzene rings is 2. The minimum Gasteiger partial charge on any atom is -0.489 e. The molecule has 0 radical (unpaired) electrons. The van der Waals surface area contributed by atoms with Crippen LogP contribution in [0.5, 0.6) is 5.75 Å². The molecule has 0 saturated heterocycles. The summed E-state index contributed by atoms with van der Waals surface area (Å²) in [5.41, 5.74) is 3.69. The Morgan fingerprint density at radius 1 is 1.00 bits per heavy atom. The average Bonchev–Trinajstić information content (AvgIpc) is 2.55. The zero-order chi connectivity index (χ0) is 15.6. The van der Waals surface area contributed by atoms with Crippen molar-refractivity contribution in [2.24, 2.45) is 0 Å². The summed E-state index contributed by atoms with van der Waals surface area (Å²) < 4.78 is 10.9. The van der Waals surface area contributed by atoms with E-state index in [1.807, 2.05) is 12.1 Å². The molecule has 0 aromatic heterocycles. The Morgan fingerprint density at radius 2 is 1.82 bits per heavy atom. The first-order chi connectivity index (χ1) is 10.8. The van der Waals surface area contributed by atoms with E-state index in [-0.39, 0.29) is 0 Å². The summed E-state index contributed by atoms with van der Waals surface area (Å²) in [5, 5.41) is 3.41. The highest BCUT2D eigenvalue weighted by Gasteiger charge is 1.99. The van der Waals surface area contributed by atoms with Crippen molar-refractivity contribution in [1.29, 1.82) is 0 Å². The van der Waals surface area contributed by atoms with Gasteiger partial charge in [-0.05, 0) is 43.1 Å². The quantitative estimate of drug-likeness (QED) is 0.716. The normalized spacial score (nSPS) is 10.6. The highest BCUT2D eigenvalue weighted by molar-refractivity contribution is 5.29. The molecular weight excluding hydrogens is 274 g/mol. The van der Waals surface area contributed by atoms with Gasteiger partial charge in [0.15, 0.2) is 0 Å². The van der Waals surface area contributed by atoms with Crippen LogP contribution in [0.1, 0.15) is 23.1 Å². The predicted molar refractivity (Wildman–Crippen MR) is 90.2 cm³/mol. The van der Waals surface area contributed by atoms with Crippen molar-refractivity contribution in [2.75, 3.05) is 20.3 Å². The van der Waals surface area contributed by atoms with Crippen LogP contribution in [0.15, 0.2) is 48.5 Å². The van der Waals surface area contributed by atoms with Crippen molar-refractivity contribution in [2.45, 2.75) is 26.5 Å². The Morgan fingerprint density at radius 3 is 2.59 bits per heavy atom. The Hall–Kier alpha value is -1.84. The number of ether oxygens (including phenoxy) is 2. The minimum atomic E-state index is 0.602. The van der Waals surface area contributed by atoms with Gasteiger partial charge < -0.3 is 14.8 Å². The molecule has 0 saturated carbocycles. The Bertz CT molecular complexity index is 552. The first-order valence-corrected chi connectivity index (χ1v) is 7.75. The Labute approximate surface area is 133 Å². The zero-order valence-electron chi connectivity index (χ0n) is 13.5. The lowest BCUT2D eigenvalue weighted by molar-refractivity contribution is 0.194. The third-order valence-corrected chi connectivity index (χ3v) is 3.46. The number of methoxy groups -OCH3 is 1. The molecule has 118 valence electrons. The molecule has 3 nitrogen and oxygen atoms in total. The highest BCUT2D eigenvalue weighted by atomic mass is 16.5. The summed E-state index contributed by atoms with van der Waals surface area (Å²) in [5.74, 6) is 0.914. The van der Waals surface area contributed by atoms with Gasteiger partial charge in [-0.15, -0.1) is 0 Å². The summed E-state index contributed by atoms with van der Waals surface area (Å²) in [4.78, 5) is 0. The first kappa shape index (κ1) is 16.5. The van der Waals surface area contributed by atoms with Crippen LogP contribution >= 0.6 is 0 Å². The molecule has 0 amide bonds. The van der Waals surface area contributed by atoms with E-state index in [9.17, 15) is 0 Å². The van der Waals surface area contributed by atoms with Gasteiger partial charge in [-0.3, -0.25) is 0 Å². The summed E-state index contributed by atoms with van der Waals surface area (Å²) >= 11 is 0. The van der Waals surface area contributed by atoms with E-state index in [1.165, 1.54) is 16.7 Å². The van der Waals surface area contributed by atoms with Crippen LogP contribution in [0.4, 0.5) is 0 Å². The third-order valence-electron chi connectivity index (χ3n) is 3.46. The van der Waals surface area contributed by atoms with Crippen LogP contribution < -0.4 is 10.1 Å². The first-order valence-electron chi connectivity index (χ1n) is 7.75. The molecule has 2 rings (SSSR count). The van der Waals surface area contributed by atoms with Crippen LogP contribution in [-0.4, -0.2) is 20.3 Å². The number of hydrogen-bond acceptors (Lipinski definition) is 3. The molecule has 0 fully saturated rings. The smallest absolute Gasteiger partial charge is 0.120 e.